The van der Waals surface area contributed by atoms with Gasteiger partial charge < -0.3 is 19.7 Å². The van der Waals surface area contributed by atoms with Gasteiger partial charge in [-0.1, -0.05) is 24.3 Å². The Kier molecular flexibility index (Phi) is 8.51. The third-order valence-corrected chi connectivity index (χ3v) is 8.37. The fraction of sp³-hybridized carbons (Fsp3) is 0.367. The predicted molar refractivity (Wildman–Crippen MR) is 156 cm³/mol. The maximum Gasteiger partial charge on any atom is 0.146 e. The van der Waals surface area contributed by atoms with Crippen LogP contribution in [-0.2, 0) is 17.2 Å². The fourth-order valence-electron chi connectivity index (χ4n) is 4.94. The smallest absolute Gasteiger partial charge is 0.146 e. The van der Waals surface area contributed by atoms with Crippen LogP contribution in [0.3, 0.4) is 0 Å². The molecule has 1 fully saturated rings. The molecular weight excluding hydrogens is 497 g/mol. The van der Waals surface area contributed by atoms with Crippen LogP contribution in [0.4, 0.5) is 10.1 Å². The summed E-state index contributed by atoms with van der Waals surface area (Å²) >= 11 is 0. The molecule has 38 heavy (non-hydrogen) atoms. The molecule has 200 valence electrons. The van der Waals surface area contributed by atoms with Gasteiger partial charge in [0, 0.05) is 71.3 Å². The molecule has 0 unspecified atom stereocenters. The van der Waals surface area contributed by atoms with Crippen molar-refractivity contribution in [1.82, 2.24) is 19.4 Å². The lowest BCUT2D eigenvalue weighted by Gasteiger charge is -2.25. The molecule has 1 aliphatic rings. The van der Waals surface area contributed by atoms with E-state index in [1.54, 1.807) is 12.1 Å². The summed E-state index contributed by atoms with van der Waals surface area (Å²) in [7, 11) is 3.35. The Morgan fingerprint density at radius 3 is 2.58 bits per heavy atom. The highest BCUT2D eigenvalue weighted by Gasteiger charge is 2.17. The number of fused-ring (bicyclic) bond motifs is 1. The van der Waals surface area contributed by atoms with Gasteiger partial charge in [-0.05, 0) is 75.4 Å². The Hall–Kier alpha value is -3.07. The lowest BCUT2D eigenvalue weighted by atomic mass is 10.1. The summed E-state index contributed by atoms with van der Waals surface area (Å²) in [6, 6.07) is 19.6. The van der Waals surface area contributed by atoms with Crippen LogP contribution >= 0.6 is 0 Å². The topological polar surface area (TPSA) is 53.4 Å². The summed E-state index contributed by atoms with van der Waals surface area (Å²) in [5, 5.41) is 4.30. The molecule has 0 aliphatic carbocycles. The third-order valence-electron chi connectivity index (χ3n) is 7.10. The van der Waals surface area contributed by atoms with Crippen LogP contribution in [0.2, 0.25) is 0 Å². The first kappa shape index (κ1) is 26.5. The second kappa shape index (κ2) is 12.2. The van der Waals surface area contributed by atoms with Crippen molar-refractivity contribution in [2.75, 3.05) is 63.6 Å². The van der Waals surface area contributed by atoms with Gasteiger partial charge in [-0.3, -0.25) is 4.21 Å². The third kappa shape index (κ3) is 6.31. The molecule has 3 heterocycles. The number of hydrogen-bond donors (Lipinski definition) is 1. The number of likely N-dealkylation sites (N-methyl/N-ethyl adjacent to an activating group) is 1. The van der Waals surface area contributed by atoms with Crippen LogP contribution in [-0.4, -0.2) is 81.9 Å². The molecule has 0 amide bonds. The molecular formula is C30H36FN5OS. The van der Waals surface area contributed by atoms with E-state index in [0.717, 1.165) is 78.5 Å². The molecule has 8 heteroatoms. The Bertz CT molecular complexity index is 1390. The van der Waals surface area contributed by atoms with Crippen molar-refractivity contribution in [2.45, 2.75) is 12.8 Å². The summed E-state index contributed by atoms with van der Waals surface area (Å²) < 4.78 is 28.7. The summed E-state index contributed by atoms with van der Waals surface area (Å²) in [5.41, 5.74) is 5.21. The molecule has 0 bridgehead atoms. The summed E-state index contributed by atoms with van der Waals surface area (Å²) in [5.74, 6) is 1.30. The number of nitrogens with one attached hydrogen (secondary N) is 1. The van der Waals surface area contributed by atoms with E-state index in [0.29, 0.717) is 12.2 Å². The number of rotatable bonds is 10. The standard InChI is InChI=1S/C30H36FN5OS/c1-34(2)16-14-32-29-12-10-23(21-27(29)31)28-13-11-26-24(7-6-15-35-17-19-38(37)20-18-35)22-36(30(26)33-28)25-8-4-3-5-9-25/h3-5,8-13,21-22,32H,6-7,14-20H2,1-2H3. The van der Waals surface area contributed by atoms with Gasteiger partial charge in [0.25, 0.3) is 0 Å². The fourth-order valence-corrected chi connectivity index (χ4v) is 6.07. The molecule has 6 nitrogen and oxygen atoms in total. The van der Waals surface area contributed by atoms with Crippen LogP contribution in [0.15, 0.2) is 66.9 Å². The Labute approximate surface area is 226 Å². The highest BCUT2D eigenvalue weighted by atomic mass is 32.2. The molecule has 0 atom stereocenters. The number of aromatic nitrogens is 2. The molecule has 0 spiro atoms. The van der Waals surface area contributed by atoms with Gasteiger partial charge in [-0.2, -0.15) is 0 Å². The number of para-hydroxylation sites is 1. The molecule has 4 aromatic rings. The normalized spacial score (nSPS) is 14.9. The average Bonchev–Trinajstić information content (AvgIpc) is 3.29. The van der Waals surface area contributed by atoms with E-state index < -0.39 is 10.8 Å². The van der Waals surface area contributed by atoms with Crippen molar-refractivity contribution in [3.05, 3.63) is 78.2 Å². The number of hydrogen-bond acceptors (Lipinski definition) is 5. The van der Waals surface area contributed by atoms with E-state index in [2.05, 4.69) is 44.1 Å². The monoisotopic (exact) mass is 533 g/mol. The Morgan fingerprint density at radius 1 is 1.05 bits per heavy atom. The molecule has 2 aromatic carbocycles. The lowest BCUT2D eigenvalue weighted by Crippen LogP contribution is -2.38. The second-order valence-corrected chi connectivity index (χ2v) is 11.8. The average molecular weight is 534 g/mol. The highest BCUT2D eigenvalue weighted by Crippen LogP contribution is 2.29. The van der Waals surface area contributed by atoms with Gasteiger partial charge in [-0.15, -0.1) is 0 Å². The molecule has 0 radical (unpaired) electrons. The van der Waals surface area contributed by atoms with Gasteiger partial charge in [0.05, 0.1) is 11.4 Å². The van der Waals surface area contributed by atoms with Crippen molar-refractivity contribution in [1.29, 1.82) is 0 Å². The molecule has 1 aliphatic heterocycles. The minimum Gasteiger partial charge on any atom is -0.381 e. The van der Waals surface area contributed by atoms with Crippen LogP contribution in [0.25, 0.3) is 28.0 Å². The van der Waals surface area contributed by atoms with Crippen molar-refractivity contribution >= 4 is 27.5 Å². The van der Waals surface area contributed by atoms with Crippen LogP contribution in [0.5, 0.6) is 0 Å². The highest BCUT2D eigenvalue weighted by molar-refractivity contribution is 7.85. The molecule has 1 saturated heterocycles. The van der Waals surface area contributed by atoms with Gasteiger partial charge in [-0.25, -0.2) is 9.37 Å². The van der Waals surface area contributed by atoms with E-state index in [-0.39, 0.29) is 5.82 Å². The summed E-state index contributed by atoms with van der Waals surface area (Å²) in [4.78, 5) is 9.51. The number of anilines is 1. The molecule has 1 N–H and O–H groups in total. The van der Waals surface area contributed by atoms with Crippen molar-refractivity contribution in [3.63, 3.8) is 0 Å². The van der Waals surface area contributed by atoms with E-state index in [9.17, 15) is 8.60 Å². The zero-order valence-corrected chi connectivity index (χ0v) is 23.0. The molecule has 0 saturated carbocycles. The maximum atomic E-state index is 14.9. The zero-order valence-electron chi connectivity index (χ0n) is 22.2. The van der Waals surface area contributed by atoms with E-state index in [1.165, 1.54) is 5.56 Å². The minimum atomic E-state index is -0.646. The first-order valence-corrected chi connectivity index (χ1v) is 14.8. The van der Waals surface area contributed by atoms with Crippen LogP contribution in [0.1, 0.15) is 12.0 Å². The molecule has 2 aromatic heterocycles. The van der Waals surface area contributed by atoms with Gasteiger partial charge in [0.1, 0.15) is 11.5 Å². The van der Waals surface area contributed by atoms with Crippen molar-refractivity contribution < 1.29 is 8.60 Å². The Morgan fingerprint density at radius 2 is 1.84 bits per heavy atom. The second-order valence-electron chi connectivity index (χ2n) is 10.1. The van der Waals surface area contributed by atoms with Crippen LogP contribution < -0.4 is 5.32 Å². The summed E-state index contributed by atoms with van der Waals surface area (Å²) in [6.07, 6.45) is 4.18. The van der Waals surface area contributed by atoms with Crippen LogP contribution in [0, 0.1) is 5.82 Å². The zero-order chi connectivity index (χ0) is 26.5. The SMILES string of the molecule is CN(C)CCNc1ccc(-c2ccc3c(CCCN4CCS(=O)CC4)cn(-c4ccccc4)c3n2)cc1F. The lowest BCUT2D eigenvalue weighted by molar-refractivity contribution is 0.296. The van der Waals surface area contributed by atoms with E-state index >= 15 is 0 Å². The first-order chi connectivity index (χ1) is 18.5. The van der Waals surface area contributed by atoms with E-state index in [1.807, 2.05) is 44.4 Å². The minimum absolute atomic E-state index is 0.274. The number of halogens is 1. The van der Waals surface area contributed by atoms with E-state index in [4.69, 9.17) is 4.98 Å². The van der Waals surface area contributed by atoms with Crippen molar-refractivity contribution in [2.24, 2.45) is 0 Å². The quantitative estimate of drug-likeness (QED) is 0.317. The number of pyridine rings is 1. The Balaban J connectivity index is 1.40. The van der Waals surface area contributed by atoms with Crippen molar-refractivity contribution in [3.8, 4) is 16.9 Å². The number of nitrogens with zero attached hydrogens (tertiary/aromatic N) is 4. The summed E-state index contributed by atoms with van der Waals surface area (Å²) in [6.45, 7) is 4.36. The van der Waals surface area contributed by atoms with Gasteiger partial charge >= 0.3 is 0 Å². The number of benzene rings is 2. The first-order valence-electron chi connectivity index (χ1n) is 13.3. The maximum absolute atomic E-state index is 14.9. The largest absolute Gasteiger partial charge is 0.381 e. The van der Waals surface area contributed by atoms with Gasteiger partial charge in [0.2, 0.25) is 0 Å². The molecule has 5 rings (SSSR count). The van der Waals surface area contributed by atoms with Gasteiger partial charge in [0.15, 0.2) is 0 Å². The number of aryl methyl sites for hydroxylation is 1. The predicted octanol–water partition coefficient (Wildman–Crippen LogP) is 4.80.